The van der Waals surface area contributed by atoms with Crippen molar-refractivity contribution in [2.24, 2.45) is 0 Å². The first-order chi connectivity index (χ1) is 7.47. The molecule has 0 fully saturated rings. The van der Waals surface area contributed by atoms with E-state index in [1.165, 1.54) is 12.0 Å². The maximum Gasteiger partial charge on any atom is 0.253 e. The number of amides is 1. The molecule has 1 amide bonds. The summed E-state index contributed by atoms with van der Waals surface area (Å²) in [5, 5.41) is 9.30. The van der Waals surface area contributed by atoms with Crippen LogP contribution in [0.1, 0.15) is 15.9 Å². The number of aliphatic hydroxyl groups is 1. The van der Waals surface area contributed by atoms with Gasteiger partial charge in [-0.15, -0.1) is 0 Å². The SMILES string of the molecule is C=C(O)c1ccc(C(=O)N(C)C)cc1OC. The average Bonchev–Trinajstić information content (AvgIpc) is 2.26. The largest absolute Gasteiger partial charge is 0.508 e. The Balaban J connectivity index is 3.19. The summed E-state index contributed by atoms with van der Waals surface area (Å²) in [6, 6.07) is 4.82. The quantitative estimate of drug-likeness (QED) is 0.793. The molecule has 16 heavy (non-hydrogen) atoms. The van der Waals surface area contributed by atoms with Gasteiger partial charge < -0.3 is 14.7 Å². The van der Waals surface area contributed by atoms with Crippen LogP contribution in [0.2, 0.25) is 0 Å². The number of nitrogens with zero attached hydrogens (tertiary/aromatic N) is 1. The molecule has 1 N–H and O–H groups in total. The zero-order valence-corrected chi connectivity index (χ0v) is 9.65. The first-order valence-electron chi connectivity index (χ1n) is 4.75. The second-order valence-corrected chi connectivity index (χ2v) is 3.56. The lowest BCUT2D eigenvalue weighted by molar-refractivity contribution is 0.0827. The standard InChI is InChI=1S/C12H15NO3/c1-8(14)10-6-5-9(7-11(10)16-4)12(15)13(2)3/h5-7,14H,1H2,2-4H3. The molecule has 0 atom stereocenters. The molecule has 1 aromatic rings. The van der Waals surface area contributed by atoms with Crippen LogP contribution in [-0.2, 0) is 0 Å². The van der Waals surface area contributed by atoms with Crippen LogP contribution in [0.5, 0.6) is 5.75 Å². The third-order valence-electron chi connectivity index (χ3n) is 2.17. The molecule has 0 spiro atoms. The average molecular weight is 221 g/mol. The Kier molecular flexibility index (Phi) is 3.55. The first kappa shape index (κ1) is 12.1. The summed E-state index contributed by atoms with van der Waals surface area (Å²) in [5.74, 6) is 0.231. The molecule has 0 unspecified atom stereocenters. The monoisotopic (exact) mass is 221 g/mol. The maximum atomic E-state index is 11.7. The number of aliphatic hydroxyl groups excluding tert-OH is 1. The molecule has 0 saturated carbocycles. The first-order valence-corrected chi connectivity index (χ1v) is 4.75. The minimum Gasteiger partial charge on any atom is -0.508 e. The van der Waals surface area contributed by atoms with E-state index in [9.17, 15) is 9.90 Å². The fourth-order valence-electron chi connectivity index (χ4n) is 1.32. The van der Waals surface area contributed by atoms with Gasteiger partial charge in [-0.25, -0.2) is 0 Å². The number of carbonyl (C=O) groups is 1. The summed E-state index contributed by atoms with van der Waals surface area (Å²) in [5.41, 5.74) is 0.990. The van der Waals surface area contributed by atoms with Gasteiger partial charge >= 0.3 is 0 Å². The molecule has 0 aliphatic carbocycles. The smallest absolute Gasteiger partial charge is 0.253 e. The van der Waals surface area contributed by atoms with E-state index in [0.29, 0.717) is 16.9 Å². The molecule has 4 heteroatoms. The van der Waals surface area contributed by atoms with Crippen LogP contribution in [0.15, 0.2) is 24.8 Å². The van der Waals surface area contributed by atoms with Crippen LogP contribution in [-0.4, -0.2) is 37.1 Å². The number of methoxy groups -OCH3 is 1. The van der Waals surface area contributed by atoms with Crippen molar-refractivity contribution in [2.75, 3.05) is 21.2 Å². The Bertz CT molecular complexity index is 424. The summed E-state index contributed by atoms with van der Waals surface area (Å²) < 4.78 is 5.09. The van der Waals surface area contributed by atoms with Crippen LogP contribution in [0.25, 0.3) is 5.76 Å². The lowest BCUT2D eigenvalue weighted by Gasteiger charge is -2.13. The Labute approximate surface area is 94.8 Å². The number of rotatable bonds is 3. The summed E-state index contributed by atoms with van der Waals surface area (Å²) >= 11 is 0. The topological polar surface area (TPSA) is 49.8 Å². The Hall–Kier alpha value is -1.97. The van der Waals surface area contributed by atoms with E-state index >= 15 is 0 Å². The van der Waals surface area contributed by atoms with Crippen molar-refractivity contribution < 1.29 is 14.6 Å². The van der Waals surface area contributed by atoms with E-state index < -0.39 is 0 Å². The molecule has 0 heterocycles. The number of hydrogen-bond donors (Lipinski definition) is 1. The van der Waals surface area contributed by atoms with Crippen molar-refractivity contribution >= 4 is 11.7 Å². The van der Waals surface area contributed by atoms with Gasteiger partial charge in [-0.1, -0.05) is 6.58 Å². The number of ether oxygens (including phenoxy) is 1. The molecule has 0 radical (unpaired) electrons. The molecular weight excluding hydrogens is 206 g/mol. The predicted molar refractivity (Wildman–Crippen MR) is 62.7 cm³/mol. The van der Waals surface area contributed by atoms with Gasteiger partial charge in [0.05, 0.1) is 12.7 Å². The Morgan fingerprint density at radius 2 is 2.06 bits per heavy atom. The second kappa shape index (κ2) is 4.70. The Morgan fingerprint density at radius 3 is 2.50 bits per heavy atom. The van der Waals surface area contributed by atoms with Crippen molar-refractivity contribution in [3.05, 3.63) is 35.9 Å². The van der Waals surface area contributed by atoms with E-state index in [4.69, 9.17) is 4.74 Å². The molecule has 0 aromatic heterocycles. The number of hydrogen-bond acceptors (Lipinski definition) is 3. The molecule has 1 aromatic carbocycles. The van der Waals surface area contributed by atoms with Crippen molar-refractivity contribution in [1.82, 2.24) is 4.90 Å². The zero-order valence-electron chi connectivity index (χ0n) is 9.65. The fraction of sp³-hybridized carbons (Fsp3) is 0.250. The summed E-state index contributed by atoms with van der Waals surface area (Å²) in [7, 11) is 4.83. The van der Waals surface area contributed by atoms with Gasteiger partial charge in [0, 0.05) is 19.7 Å². The van der Waals surface area contributed by atoms with Crippen molar-refractivity contribution in [3.8, 4) is 5.75 Å². The van der Waals surface area contributed by atoms with Crippen LogP contribution in [0.3, 0.4) is 0 Å². The van der Waals surface area contributed by atoms with Gasteiger partial charge in [-0.05, 0) is 18.2 Å². The molecule has 86 valence electrons. The molecule has 0 bridgehead atoms. The van der Waals surface area contributed by atoms with Crippen molar-refractivity contribution in [3.63, 3.8) is 0 Å². The molecule has 0 aliphatic heterocycles. The van der Waals surface area contributed by atoms with Crippen molar-refractivity contribution in [2.45, 2.75) is 0 Å². The van der Waals surface area contributed by atoms with E-state index in [1.54, 1.807) is 32.3 Å². The molecule has 0 saturated heterocycles. The highest BCUT2D eigenvalue weighted by Crippen LogP contribution is 2.25. The van der Waals surface area contributed by atoms with Crippen molar-refractivity contribution in [1.29, 1.82) is 0 Å². The highest BCUT2D eigenvalue weighted by atomic mass is 16.5. The number of benzene rings is 1. The van der Waals surface area contributed by atoms with Gasteiger partial charge in [0.2, 0.25) is 0 Å². The highest BCUT2D eigenvalue weighted by Gasteiger charge is 2.12. The normalized spacial score (nSPS) is 9.69. The fourth-order valence-corrected chi connectivity index (χ4v) is 1.32. The highest BCUT2D eigenvalue weighted by molar-refractivity contribution is 5.94. The van der Waals surface area contributed by atoms with Gasteiger partial charge in [0.1, 0.15) is 11.5 Å². The van der Waals surface area contributed by atoms with Crippen LogP contribution in [0.4, 0.5) is 0 Å². The lowest BCUT2D eigenvalue weighted by atomic mass is 10.1. The van der Waals surface area contributed by atoms with Crippen LogP contribution in [0, 0.1) is 0 Å². The molecule has 0 aliphatic rings. The molecule has 1 rings (SSSR count). The third-order valence-corrected chi connectivity index (χ3v) is 2.17. The summed E-state index contributed by atoms with van der Waals surface area (Å²) in [6.45, 7) is 3.42. The van der Waals surface area contributed by atoms with E-state index in [-0.39, 0.29) is 11.7 Å². The van der Waals surface area contributed by atoms with Crippen LogP contribution >= 0.6 is 0 Å². The second-order valence-electron chi connectivity index (χ2n) is 3.56. The van der Waals surface area contributed by atoms with Gasteiger partial charge in [-0.2, -0.15) is 0 Å². The van der Waals surface area contributed by atoms with Gasteiger partial charge in [-0.3, -0.25) is 4.79 Å². The van der Waals surface area contributed by atoms with E-state index in [2.05, 4.69) is 6.58 Å². The van der Waals surface area contributed by atoms with Crippen LogP contribution < -0.4 is 4.74 Å². The third kappa shape index (κ3) is 2.34. The van der Waals surface area contributed by atoms with E-state index in [0.717, 1.165) is 0 Å². The molecule has 4 nitrogen and oxygen atoms in total. The zero-order chi connectivity index (χ0) is 12.3. The maximum absolute atomic E-state index is 11.7. The minimum absolute atomic E-state index is 0.0827. The van der Waals surface area contributed by atoms with E-state index in [1.807, 2.05) is 0 Å². The summed E-state index contributed by atoms with van der Waals surface area (Å²) in [4.78, 5) is 13.2. The van der Waals surface area contributed by atoms with Gasteiger partial charge in [0.15, 0.2) is 0 Å². The van der Waals surface area contributed by atoms with Gasteiger partial charge in [0.25, 0.3) is 5.91 Å². The predicted octanol–water partition coefficient (Wildman–Crippen LogP) is 1.93. The lowest BCUT2D eigenvalue weighted by Crippen LogP contribution is -2.21. The minimum atomic E-state index is -0.117. The summed E-state index contributed by atoms with van der Waals surface area (Å²) in [6.07, 6.45) is 0. The Morgan fingerprint density at radius 1 is 1.44 bits per heavy atom. The number of carbonyl (C=O) groups excluding carboxylic acids is 1. The molecular formula is C12H15NO3.